The molecule has 1 amide bonds. The smallest absolute Gasteiger partial charge is 0.337 e. The molecule has 3 rings (SSSR count). The number of hydrogen-bond acceptors (Lipinski definition) is 6. The number of methoxy groups -OCH3 is 2. The first-order chi connectivity index (χ1) is 15.5. The van der Waals surface area contributed by atoms with E-state index in [2.05, 4.69) is 5.32 Å². The Morgan fingerprint density at radius 2 is 1.66 bits per heavy atom. The fraction of sp³-hybridized carbons (Fsp3) is 0.200. The van der Waals surface area contributed by atoms with E-state index in [4.69, 9.17) is 19.9 Å². The monoisotopic (exact) mass is 434 g/mol. The van der Waals surface area contributed by atoms with Gasteiger partial charge in [0.05, 0.1) is 26.2 Å². The van der Waals surface area contributed by atoms with Gasteiger partial charge >= 0.3 is 5.97 Å². The van der Waals surface area contributed by atoms with Crippen molar-refractivity contribution in [3.63, 3.8) is 0 Å². The molecule has 0 aliphatic carbocycles. The van der Waals surface area contributed by atoms with Gasteiger partial charge in [-0.1, -0.05) is 30.3 Å². The Kier molecular flexibility index (Phi) is 7.83. The van der Waals surface area contributed by atoms with Crippen molar-refractivity contribution in [1.82, 2.24) is 0 Å². The van der Waals surface area contributed by atoms with Crippen molar-refractivity contribution in [2.75, 3.05) is 32.7 Å². The van der Waals surface area contributed by atoms with Crippen LogP contribution in [0.4, 0.5) is 5.69 Å². The maximum absolute atomic E-state index is 12.6. The van der Waals surface area contributed by atoms with Gasteiger partial charge in [-0.2, -0.15) is 0 Å². The van der Waals surface area contributed by atoms with Crippen LogP contribution in [0.5, 0.6) is 11.5 Å². The highest BCUT2D eigenvalue weighted by Crippen LogP contribution is 2.28. The van der Waals surface area contributed by atoms with Crippen LogP contribution in [0.2, 0.25) is 0 Å². The Balaban J connectivity index is 1.71. The minimum atomic E-state index is -0.397. The maximum Gasteiger partial charge on any atom is 0.337 e. The molecule has 7 nitrogen and oxygen atoms in total. The molecule has 0 saturated carbocycles. The van der Waals surface area contributed by atoms with Crippen LogP contribution in [0.1, 0.15) is 15.9 Å². The highest BCUT2D eigenvalue weighted by molar-refractivity contribution is 5.94. The first-order valence-corrected chi connectivity index (χ1v) is 10.1. The van der Waals surface area contributed by atoms with Crippen LogP contribution in [0, 0.1) is 0 Å². The normalized spacial score (nSPS) is 10.3. The third-order valence-corrected chi connectivity index (χ3v) is 4.73. The molecule has 0 saturated heterocycles. The van der Waals surface area contributed by atoms with Gasteiger partial charge in [0.2, 0.25) is 5.91 Å². The van der Waals surface area contributed by atoms with E-state index in [-0.39, 0.29) is 12.3 Å². The van der Waals surface area contributed by atoms with Crippen molar-refractivity contribution < 1.29 is 23.8 Å². The molecule has 0 bridgehead atoms. The summed E-state index contributed by atoms with van der Waals surface area (Å²) in [5, 5.41) is 2.92. The Labute approximate surface area is 187 Å². The van der Waals surface area contributed by atoms with Crippen LogP contribution in [0.25, 0.3) is 11.1 Å². The number of hydrogen-bond donors (Lipinski definition) is 2. The first kappa shape index (κ1) is 22.8. The van der Waals surface area contributed by atoms with Gasteiger partial charge in [0.1, 0.15) is 6.61 Å². The SMILES string of the molecule is COC(=O)c1cccc(-c2cccc(NC(=O)Cc3ccc(OCCN)c(OC)c3)c2)c1. The lowest BCUT2D eigenvalue weighted by molar-refractivity contribution is -0.115. The van der Waals surface area contributed by atoms with Gasteiger partial charge in [-0.25, -0.2) is 4.79 Å². The Morgan fingerprint density at radius 3 is 2.38 bits per heavy atom. The molecule has 0 unspecified atom stereocenters. The number of ether oxygens (including phenoxy) is 3. The minimum absolute atomic E-state index is 0.164. The third kappa shape index (κ3) is 5.86. The number of benzene rings is 3. The molecule has 0 spiro atoms. The first-order valence-electron chi connectivity index (χ1n) is 10.1. The lowest BCUT2D eigenvalue weighted by atomic mass is 10.0. The average Bonchev–Trinajstić information content (AvgIpc) is 2.82. The second-order valence-electron chi connectivity index (χ2n) is 7.00. The highest BCUT2D eigenvalue weighted by atomic mass is 16.5. The van der Waals surface area contributed by atoms with E-state index in [1.807, 2.05) is 36.4 Å². The Morgan fingerprint density at radius 1 is 0.906 bits per heavy atom. The van der Waals surface area contributed by atoms with Crippen molar-refractivity contribution in [1.29, 1.82) is 0 Å². The number of carbonyl (C=O) groups excluding carboxylic acids is 2. The largest absolute Gasteiger partial charge is 0.493 e. The zero-order valence-electron chi connectivity index (χ0n) is 18.1. The molecule has 3 N–H and O–H groups in total. The molecule has 3 aromatic rings. The van der Waals surface area contributed by atoms with Crippen molar-refractivity contribution in [3.8, 4) is 22.6 Å². The molecule has 0 atom stereocenters. The van der Waals surface area contributed by atoms with Gasteiger partial charge in [0.15, 0.2) is 11.5 Å². The van der Waals surface area contributed by atoms with Crippen LogP contribution in [-0.2, 0) is 16.0 Å². The molecule has 166 valence electrons. The van der Waals surface area contributed by atoms with E-state index in [9.17, 15) is 9.59 Å². The van der Waals surface area contributed by atoms with E-state index in [1.54, 1.807) is 37.4 Å². The van der Waals surface area contributed by atoms with Crippen LogP contribution >= 0.6 is 0 Å². The van der Waals surface area contributed by atoms with Gasteiger partial charge in [-0.15, -0.1) is 0 Å². The molecule has 7 heteroatoms. The van der Waals surface area contributed by atoms with Gasteiger partial charge in [0, 0.05) is 12.2 Å². The molecule has 3 aromatic carbocycles. The lowest BCUT2D eigenvalue weighted by Gasteiger charge is -2.12. The lowest BCUT2D eigenvalue weighted by Crippen LogP contribution is -2.14. The van der Waals surface area contributed by atoms with Gasteiger partial charge in [-0.05, 0) is 53.1 Å². The number of nitrogens with one attached hydrogen (secondary N) is 1. The molecule has 0 heterocycles. The Bertz CT molecular complexity index is 1100. The Hall–Kier alpha value is -3.84. The van der Waals surface area contributed by atoms with Crippen molar-refractivity contribution in [3.05, 3.63) is 77.9 Å². The van der Waals surface area contributed by atoms with E-state index >= 15 is 0 Å². The fourth-order valence-corrected chi connectivity index (χ4v) is 3.22. The van der Waals surface area contributed by atoms with Crippen molar-refractivity contribution in [2.24, 2.45) is 5.73 Å². The summed E-state index contributed by atoms with van der Waals surface area (Å²) in [4.78, 5) is 24.4. The van der Waals surface area contributed by atoms with E-state index in [1.165, 1.54) is 7.11 Å². The minimum Gasteiger partial charge on any atom is -0.493 e. The topological polar surface area (TPSA) is 99.9 Å². The number of amides is 1. The average molecular weight is 434 g/mol. The quantitative estimate of drug-likeness (QED) is 0.499. The van der Waals surface area contributed by atoms with Gasteiger partial charge < -0.3 is 25.3 Å². The summed E-state index contributed by atoms with van der Waals surface area (Å²) in [5.74, 6) is 0.578. The van der Waals surface area contributed by atoms with Crippen LogP contribution < -0.4 is 20.5 Å². The number of esters is 1. The van der Waals surface area contributed by atoms with Gasteiger partial charge in [-0.3, -0.25) is 4.79 Å². The molecule has 0 radical (unpaired) electrons. The molecular formula is C25H26N2O5. The van der Waals surface area contributed by atoms with Crippen molar-refractivity contribution in [2.45, 2.75) is 6.42 Å². The standard InChI is InChI=1S/C25H26N2O5/c1-30-23-13-17(9-10-22(23)32-12-11-26)14-24(28)27-21-8-4-6-19(16-21)18-5-3-7-20(15-18)25(29)31-2/h3-10,13,15-16H,11-12,14,26H2,1-2H3,(H,27,28). The number of anilines is 1. The van der Waals surface area contributed by atoms with Crippen LogP contribution in [0.15, 0.2) is 66.7 Å². The highest BCUT2D eigenvalue weighted by Gasteiger charge is 2.11. The summed E-state index contributed by atoms with van der Waals surface area (Å²) in [6.07, 6.45) is 0.176. The van der Waals surface area contributed by atoms with Crippen LogP contribution in [-0.4, -0.2) is 39.2 Å². The third-order valence-electron chi connectivity index (χ3n) is 4.73. The zero-order valence-corrected chi connectivity index (χ0v) is 18.1. The van der Waals surface area contributed by atoms with Crippen LogP contribution in [0.3, 0.4) is 0 Å². The summed E-state index contributed by atoms with van der Waals surface area (Å²) in [5.41, 5.74) is 9.11. The second-order valence-corrected chi connectivity index (χ2v) is 7.00. The number of carbonyl (C=O) groups is 2. The predicted molar refractivity (Wildman–Crippen MR) is 123 cm³/mol. The summed E-state index contributed by atoms with van der Waals surface area (Å²) in [6.45, 7) is 0.786. The second kappa shape index (κ2) is 11.0. The van der Waals surface area contributed by atoms with Gasteiger partial charge in [0.25, 0.3) is 0 Å². The summed E-state index contributed by atoms with van der Waals surface area (Å²) in [7, 11) is 2.90. The predicted octanol–water partition coefficient (Wildman–Crippen LogP) is 3.67. The summed E-state index contributed by atoms with van der Waals surface area (Å²) >= 11 is 0. The molecule has 0 fully saturated rings. The molecule has 0 aromatic heterocycles. The molecule has 0 aliphatic rings. The molecular weight excluding hydrogens is 408 g/mol. The van der Waals surface area contributed by atoms with E-state index < -0.39 is 5.97 Å². The summed E-state index contributed by atoms with van der Waals surface area (Å²) < 4.78 is 15.7. The molecule has 0 aliphatic heterocycles. The van der Waals surface area contributed by atoms with Crippen molar-refractivity contribution >= 4 is 17.6 Å². The number of rotatable bonds is 9. The summed E-state index contributed by atoms with van der Waals surface area (Å²) in [6, 6.07) is 20.0. The van der Waals surface area contributed by atoms with E-state index in [0.29, 0.717) is 35.9 Å². The number of nitrogens with two attached hydrogens (primary N) is 1. The zero-order chi connectivity index (χ0) is 22.9. The maximum atomic E-state index is 12.6. The van der Waals surface area contributed by atoms with E-state index in [0.717, 1.165) is 16.7 Å². The fourth-order valence-electron chi connectivity index (χ4n) is 3.22. The molecule has 32 heavy (non-hydrogen) atoms.